The molecule has 2 heterocycles. The number of aryl methyl sites for hydroxylation is 1. The van der Waals surface area contributed by atoms with Gasteiger partial charge in [0.1, 0.15) is 9.88 Å². The Morgan fingerprint density at radius 2 is 2.25 bits per heavy atom. The molecular formula is C14H18N2O2S2. The molecule has 0 aliphatic rings. The van der Waals surface area contributed by atoms with E-state index in [0.717, 1.165) is 15.6 Å². The van der Waals surface area contributed by atoms with Crippen LogP contribution >= 0.6 is 22.7 Å². The van der Waals surface area contributed by atoms with E-state index in [1.165, 1.54) is 11.3 Å². The molecule has 20 heavy (non-hydrogen) atoms. The van der Waals surface area contributed by atoms with Gasteiger partial charge in [-0.2, -0.15) is 0 Å². The number of aliphatic hydroxyl groups excluding tert-OH is 1. The molecule has 108 valence electrons. The zero-order chi connectivity index (χ0) is 14.7. The Labute approximate surface area is 126 Å². The number of aliphatic hydroxyl groups is 1. The van der Waals surface area contributed by atoms with Gasteiger partial charge in [0.25, 0.3) is 5.91 Å². The van der Waals surface area contributed by atoms with Gasteiger partial charge in [0.05, 0.1) is 16.7 Å². The average molecular weight is 310 g/mol. The molecule has 6 heteroatoms. The minimum atomic E-state index is -0.524. The van der Waals surface area contributed by atoms with Gasteiger partial charge in [-0.05, 0) is 24.3 Å². The maximum atomic E-state index is 12.1. The molecule has 0 bridgehead atoms. The third-order valence-electron chi connectivity index (χ3n) is 2.98. The Morgan fingerprint density at radius 3 is 2.85 bits per heavy atom. The summed E-state index contributed by atoms with van der Waals surface area (Å²) >= 11 is 3.00. The summed E-state index contributed by atoms with van der Waals surface area (Å²) < 4.78 is 0. The number of nitrogens with one attached hydrogen (secondary N) is 1. The summed E-state index contributed by atoms with van der Waals surface area (Å²) in [7, 11) is 0. The smallest absolute Gasteiger partial charge is 0.263 e. The number of carbonyl (C=O) groups excluding carboxylic acids is 1. The molecule has 0 saturated carbocycles. The first-order valence-corrected chi connectivity index (χ1v) is 8.16. The van der Waals surface area contributed by atoms with Gasteiger partial charge >= 0.3 is 0 Å². The summed E-state index contributed by atoms with van der Waals surface area (Å²) in [4.78, 5) is 18.3. The van der Waals surface area contributed by atoms with E-state index in [9.17, 15) is 9.90 Å². The first-order chi connectivity index (χ1) is 9.49. The van der Waals surface area contributed by atoms with E-state index in [0.29, 0.717) is 4.88 Å². The van der Waals surface area contributed by atoms with Crippen molar-refractivity contribution in [1.82, 2.24) is 10.3 Å². The molecule has 2 rings (SSSR count). The summed E-state index contributed by atoms with van der Waals surface area (Å²) in [6.07, 6.45) is -0.524. The normalized spacial score (nSPS) is 12.7. The zero-order valence-corrected chi connectivity index (χ0v) is 13.3. The van der Waals surface area contributed by atoms with Crippen LogP contribution in [0.25, 0.3) is 9.88 Å². The highest BCUT2D eigenvalue weighted by atomic mass is 32.1. The van der Waals surface area contributed by atoms with E-state index < -0.39 is 6.10 Å². The number of amides is 1. The number of rotatable bonds is 5. The molecule has 0 spiro atoms. The number of thiophene rings is 1. The number of nitrogens with zero attached hydrogens (tertiary/aromatic N) is 1. The number of carbonyl (C=O) groups is 1. The fraction of sp³-hybridized carbons (Fsp3) is 0.429. The van der Waals surface area contributed by atoms with E-state index in [-0.39, 0.29) is 18.4 Å². The molecule has 0 aliphatic heterocycles. The maximum Gasteiger partial charge on any atom is 0.263 e. The predicted octanol–water partition coefficient (Wildman–Crippen LogP) is 2.93. The van der Waals surface area contributed by atoms with Crippen molar-refractivity contribution in [3.8, 4) is 9.88 Å². The Bertz CT molecular complexity index is 576. The fourth-order valence-electron chi connectivity index (χ4n) is 1.63. The third kappa shape index (κ3) is 3.45. The second kappa shape index (κ2) is 6.47. The molecule has 2 aromatic rings. The lowest BCUT2D eigenvalue weighted by Crippen LogP contribution is -2.34. The van der Waals surface area contributed by atoms with Crippen LogP contribution in [-0.4, -0.2) is 28.6 Å². The highest BCUT2D eigenvalue weighted by Gasteiger charge is 2.18. The van der Waals surface area contributed by atoms with Crippen LogP contribution in [-0.2, 0) is 0 Å². The van der Waals surface area contributed by atoms with Crippen molar-refractivity contribution >= 4 is 28.6 Å². The van der Waals surface area contributed by atoms with E-state index in [2.05, 4.69) is 10.3 Å². The average Bonchev–Trinajstić information content (AvgIpc) is 3.04. The van der Waals surface area contributed by atoms with Gasteiger partial charge in [0, 0.05) is 6.54 Å². The quantitative estimate of drug-likeness (QED) is 0.892. The van der Waals surface area contributed by atoms with E-state index in [4.69, 9.17) is 0 Å². The molecule has 4 nitrogen and oxygen atoms in total. The van der Waals surface area contributed by atoms with Gasteiger partial charge in [-0.1, -0.05) is 19.9 Å². The van der Waals surface area contributed by atoms with Crippen molar-refractivity contribution in [3.05, 3.63) is 28.1 Å². The van der Waals surface area contributed by atoms with Crippen molar-refractivity contribution in [2.75, 3.05) is 6.54 Å². The van der Waals surface area contributed by atoms with Crippen LogP contribution < -0.4 is 5.32 Å². The number of hydrogen-bond donors (Lipinski definition) is 2. The number of thiazole rings is 1. The highest BCUT2D eigenvalue weighted by Crippen LogP contribution is 2.30. The molecule has 0 radical (unpaired) electrons. The van der Waals surface area contributed by atoms with Crippen molar-refractivity contribution in [2.24, 2.45) is 5.92 Å². The first-order valence-electron chi connectivity index (χ1n) is 6.46. The van der Waals surface area contributed by atoms with Gasteiger partial charge < -0.3 is 10.4 Å². The second-order valence-electron chi connectivity index (χ2n) is 4.93. The molecule has 0 saturated heterocycles. The van der Waals surface area contributed by atoms with Gasteiger partial charge in [-0.3, -0.25) is 4.79 Å². The van der Waals surface area contributed by atoms with E-state index >= 15 is 0 Å². The minimum absolute atomic E-state index is 0.125. The van der Waals surface area contributed by atoms with E-state index in [1.54, 1.807) is 11.3 Å². The summed E-state index contributed by atoms with van der Waals surface area (Å²) in [5.41, 5.74) is 0.731. The van der Waals surface area contributed by atoms with Crippen LogP contribution in [0.15, 0.2) is 17.5 Å². The highest BCUT2D eigenvalue weighted by molar-refractivity contribution is 7.22. The van der Waals surface area contributed by atoms with Crippen molar-refractivity contribution in [1.29, 1.82) is 0 Å². The lowest BCUT2D eigenvalue weighted by molar-refractivity contribution is 0.0874. The summed E-state index contributed by atoms with van der Waals surface area (Å²) in [6.45, 7) is 5.94. The monoisotopic (exact) mass is 310 g/mol. The maximum absolute atomic E-state index is 12.1. The number of hydrogen-bond acceptors (Lipinski definition) is 5. The largest absolute Gasteiger partial charge is 0.391 e. The molecule has 0 aliphatic carbocycles. The molecule has 2 N–H and O–H groups in total. The Balaban J connectivity index is 2.07. The van der Waals surface area contributed by atoms with Crippen LogP contribution in [0.1, 0.15) is 29.2 Å². The molecule has 0 aromatic carbocycles. The van der Waals surface area contributed by atoms with Gasteiger partial charge in [-0.25, -0.2) is 4.98 Å². The standard InChI is InChI=1S/C14H18N2O2S2/c1-8(2)10(17)7-15-13(18)12-9(3)16-14(20-12)11-5-4-6-19-11/h4-6,8,10,17H,7H2,1-3H3,(H,15,18). The van der Waals surface area contributed by atoms with Crippen molar-refractivity contribution < 1.29 is 9.90 Å². The second-order valence-corrected chi connectivity index (χ2v) is 6.88. The van der Waals surface area contributed by atoms with Crippen LogP contribution in [0.5, 0.6) is 0 Å². The Morgan fingerprint density at radius 1 is 1.50 bits per heavy atom. The van der Waals surface area contributed by atoms with Gasteiger partial charge in [0.2, 0.25) is 0 Å². The Kier molecular flexibility index (Phi) is 4.91. The molecule has 0 fully saturated rings. The van der Waals surface area contributed by atoms with Gasteiger partial charge in [-0.15, -0.1) is 22.7 Å². The summed E-state index contributed by atoms with van der Waals surface area (Å²) in [5, 5.41) is 15.3. The van der Waals surface area contributed by atoms with Gasteiger partial charge in [0.15, 0.2) is 0 Å². The zero-order valence-electron chi connectivity index (χ0n) is 11.7. The minimum Gasteiger partial charge on any atom is -0.391 e. The summed E-state index contributed by atoms with van der Waals surface area (Å²) in [5.74, 6) is -0.0398. The third-order valence-corrected chi connectivity index (χ3v) is 5.17. The molecule has 1 atom stereocenters. The topological polar surface area (TPSA) is 62.2 Å². The first kappa shape index (κ1) is 15.2. The Hall–Kier alpha value is -1.24. The van der Waals surface area contributed by atoms with Crippen LogP contribution in [0.4, 0.5) is 0 Å². The molecular weight excluding hydrogens is 292 g/mol. The fourth-order valence-corrected chi connectivity index (χ4v) is 3.41. The van der Waals surface area contributed by atoms with E-state index in [1.807, 2.05) is 38.3 Å². The SMILES string of the molecule is Cc1nc(-c2cccs2)sc1C(=O)NCC(O)C(C)C. The molecule has 1 unspecified atom stereocenters. The van der Waals surface area contributed by atoms with Crippen molar-refractivity contribution in [2.45, 2.75) is 26.9 Å². The summed E-state index contributed by atoms with van der Waals surface area (Å²) in [6, 6.07) is 3.96. The predicted molar refractivity (Wildman–Crippen MR) is 83.3 cm³/mol. The van der Waals surface area contributed by atoms with Crippen LogP contribution in [0, 0.1) is 12.8 Å². The number of aromatic nitrogens is 1. The van der Waals surface area contributed by atoms with Crippen molar-refractivity contribution in [3.63, 3.8) is 0 Å². The lowest BCUT2D eigenvalue weighted by Gasteiger charge is -2.14. The van der Waals surface area contributed by atoms with Crippen LogP contribution in [0.3, 0.4) is 0 Å². The van der Waals surface area contributed by atoms with Crippen LogP contribution in [0.2, 0.25) is 0 Å². The molecule has 2 aromatic heterocycles. The lowest BCUT2D eigenvalue weighted by atomic mass is 10.1. The molecule has 1 amide bonds.